The van der Waals surface area contributed by atoms with Crippen molar-refractivity contribution < 1.29 is 4.74 Å². The number of aryl methyl sites for hydroxylation is 2. The van der Waals surface area contributed by atoms with Crippen LogP contribution in [0.2, 0.25) is 0 Å². The first-order valence-electron chi connectivity index (χ1n) is 6.13. The van der Waals surface area contributed by atoms with Crippen molar-refractivity contribution in [2.75, 3.05) is 32.6 Å². The van der Waals surface area contributed by atoms with Crippen molar-refractivity contribution in [1.82, 2.24) is 5.32 Å². The zero-order valence-electron chi connectivity index (χ0n) is 11.1. The summed E-state index contributed by atoms with van der Waals surface area (Å²) in [6.07, 6.45) is 1.20. The number of thioether (sulfide) groups is 1. The van der Waals surface area contributed by atoms with Gasteiger partial charge in [0.15, 0.2) is 0 Å². The molecule has 3 heteroatoms. The van der Waals surface area contributed by atoms with E-state index in [-0.39, 0.29) is 0 Å². The Bertz CT molecular complexity index is 328. The monoisotopic (exact) mass is 253 g/mol. The van der Waals surface area contributed by atoms with Crippen LogP contribution in [0.1, 0.15) is 17.5 Å². The molecule has 1 aromatic carbocycles. The Kier molecular flexibility index (Phi) is 7.33. The molecule has 0 atom stereocenters. The number of ether oxygens (including phenoxy) is 1. The van der Waals surface area contributed by atoms with Gasteiger partial charge in [-0.05, 0) is 44.2 Å². The van der Waals surface area contributed by atoms with Gasteiger partial charge in [-0.3, -0.25) is 0 Å². The first kappa shape index (κ1) is 14.6. The van der Waals surface area contributed by atoms with Crippen LogP contribution in [-0.4, -0.2) is 32.6 Å². The van der Waals surface area contributed by atoms with E-state index < -0.39 is 0 Å². The standard InChI is InChI=1S/C14H23NOS/c1-12-5-6-14(13(2)11-12)17-10-4-7-15-8-9-16-3/h5-6,11,15H,4,7-10H2,1-3H3. The molecule has 0 heterocycles. The maximum atomic E-state index is 4.98. The Labute approximate surface area is 109 Å². The summed E-state index contributed by atoms with van der Waals surface area (Å²) in [6, 6.07) is 6.67. The Morgan fingerprint density at radius 3 is 2.76 bits per heavy atom. The number of hydrogen-bond donors (Lipinski definition) is 1. The van der Waals surface area contributed by atoms with E-state index >= 15 is 0 Å². The lowest BCUT2D eigenvalue weighted by Gasteiger charge is -2.07. The fourth-order valence-corrected chi connectivity index (χ4v) is 2.60. The molecule has 0 aliphatic carbocycles. The zero-order chi connectivity index (χ0) is 12.5. The van der Waals surface area contributed by atoms with Gasteiger partial charge in [0.1, 0.15) is 0 Å². The second kappa shape index (κ2) is 8.56. The van der Waals surface area contributed by atoms with Gasteiger partial charge < -0.3 is 10.1 Å². The largest absolute Gasteiger partial charge is 0.383 e. The van der Waals surface area contributed by atoms with Crippen LogP contribution in [0.15, 0.2) is 23.1 Å². The molecule has 0 aliphatic heterocycles. The van der Waals surface area contributed by atoms with E-state index in [9.17, 15) is 0 Å². The van der Waals surface area contributed by atoms with Crippen molar-refractivity contribution in [2.24, 2.45) is 0 Å². The molecule has 0 radical (unpaired) electrons. The first-order chi connectivity index (χ1) is 8.24. The molecule has 0 saturated carbocycles. The van der Waals surface area contributed by atoms with Crippen LogP contribution in [0.3, 0.4) is 0 Å². The maximum Gasteiger partial charge on any atom is 0.0587 e. The molecule has 0 fully saturated rings. The number of methoxy groups -OCH3 is 1. The molecule has 0 saturated heterocycles. The highest BCUT2D eigenvalue weighted by Gasteiger charge is 1.98. The van der Waals surface area contributed by atoms with E-state index in [2.05, 4.69) is 37.4 Å². The summed E-state index contributed by atoms with van der Waals surface area (Å²) < 4.78 is 4.98. The quantitative estimate of drug-likeness (QED) is 0.568. The SMILES string of the molecule is COCCNCCCSc1ccc(C)cc1C. The third kappa shape index (κ3) is 6.10. The smallest absolute Gasteiger partial charge is 0.0587 e. The fraction of sp³-hybridized carbons (Fsp3) is 0.571. The van der Waals surface area contributed by atoms with Gasteiger partial charge in [0.05, 0.1) is 6.61 Å². The molecular formula is C14H23NOS. The Morgan fingerprint density at radius 1 is 1.24 bits per heavy atom. The summed E-state index contributed by atoms with van der Waals surface area (Å²) in [6.45, 7) is 7.14. The van der Waals surface area contributed by atoms with E-state index in [1.54, 1.807) is 7.11 Å². The Balaban J connectivity index is 2.14. The van der Waals surface area contributed by atoms with Crippen molar-refractivity contribution in [2.45, 2.75) is 25.2 Å². The van der Waals surface area contributed by atoms with Crippen molar-refractivity contribution in [3.8, 4) is 0 Å². The van der Waals surface area contributed by atoms with Gasteiger partial charge in [-0.1, -0.05) is 17.7 Å². The molecule has 0 amide bonds. The van der Waals surface area contributed by atoms with E-state index in [1.165, 1.54) is 28.2 Å². The summed E-state index contributed by atoms with van der Waals surface area (Å²) in [5.74, 6) is 1.17. The van der Waals surface area contributed by atoms with E-state index in [4.69, 9.17) is 4.74 Å². The van der Waals surface area contributed by atoms with Gasteiger partial charge in [0, 0.05) is 18.6 Å². The van der Waals surface area contributed by atoms with Crippen LogP contribution in [0.25, 0.3) is 0 Å². The lowest BCUT2D eigenvalue weighted by atomic mass is 10.2. The normalized spacial score (nSPS) is 10.8. The maximum absolute atomic E-state index is 4.98. The van der Waals surface area contributed by atoms with Crippen LogP contribution in [0, 0.1) is 13.8 Å². The summed E-state index contributed by atoms with van der Waals surface area (Å²) in [7, 11) is 1.73. The van der Waals surface area contributed by atoms with Gasteiger partial charge in [0.25, 0.3) is 0 Å². The van der Waals surface area contributed by atoms with E-state index in [0.717, 1.165) is 19.7 Å². The van der Waals surface area contributed by atoms with Crippen LogP contribution in [0.5, 0.6) is 0 Å². The first-order valence-corrected chi connectivity index (χ1v) is 7.12. The summed E-state index contributed by atoms with van der Waals surface area (Å²) in [5.41, 5.74) is 2.73. The lowest BCUT2D eigenvalue weighted by molar-refractivity contribution is 0.199. The fourth-order valence-electron chi connectivity index (χ4n) is 1.64. The molecule has 2 nitrogen and oxygen atoms in total. The summed E-state index contributed by atoms with van der Waals surface area (Å²) in [5, 5.41) is 3.36. The number of nitrogens with one attached hydrogen (secondary N) is 1. The van der Waals surface area contributed by atoms with Crippen LogP contribution in [0.4, 0.5) is 0 Å². The molecule has 96 valence electrons. The zero-order valence-corrected chi connectivity index (χ0v) is 11.9. The summed E-state index contributed by atoms with van der Waals surface area (Å²) in [4.78, 5) is 1.41. The molecule has 0 aromatic heterocycles. The van der Waals surface area contributed by atoms with Crippen LogP contribution in [-0.2, 0) is 4.74 Å². The molecule has 0 aliphatic rings. The highest BCUT2D eigenvalue weighted by atomic mass is 32.2. The van der Waals surface area contributed by atoms with Gasteiger partial charge in [-0.2, -0.15) is 0 Å². The van der Waals surface area contributed by atoms with Crippen molar-refractivity contribution in [1.29, 1.82) is 0 Å². The minimum atomic E-state index is 0.796. The van der Waals surface area contributed by atoms with Crippen molar-refractivity contribution in [3.63, 3.8) is 0 Å². The predicted octanol–water partition coefficient (Wildman–Crippen LogP) is 3.02. The molecule has 1 rings (SSSR count). The predicted molar refractivity (Wildman–Crippen MR) is 76.0 cm³/mol. The molecule has 0 unspecified atom stereocenters. The van der Waals surface area contributed by atoms with E-state index in [0.29, 0.717) is 0 Å². The van der Waals surface area contributed by atoms with Crippen LogP contribution >= 0.6 is 11.8 Å². The Morgan fingerprint density at radius 2 is 2.06 bits per heavy atom. The second-order valence-corrected chi connectivity index (χ2v) is 5.35. The molecule has 0 bridgehead atoms. The minimum absolute atomic E-state index is 0.796. The van der Waals surface area contributed by atoms with Gasteiger partial charge >= 0.3 is 0 Å². The van der Waals surface area contributed by atoms with Gasteiger partial charge in [-0.25, -0.2) is 0 Å². The highest BCUT2D eigenvalue weighted by molar-refractivity contribution is 7.99. The second-order valence-electron chi connectivity index (χ2n) is 4.21. The third-order valence-electron chi connectivity index (χ3n) is 2.57. The van der Waals surface area contributed by atoms with Crippen LogP contribution < -0.4 is 5.32 Å². The highest BCUT2D eigenvalue weighted by Crippen LogP contribution is 2.23. The minimum Gasteiger partial charge on any atom is -0.383 e. The number of benzene rings is 1. The molecule has 1 N–H and O–H groups in total. The van der Waals surface area contributed by atoms with E-state index in [1.807, 2.05) is 11.8 Å². The third-order valence-corrected chi connectivity index (χ3v) is 3.83. The van der Waals surface area contributed by atoms with Gasteiger partial charge in [0.2, 0.25) is 0 Å². The molecular weight excluding hydrogens is 230 g/mol. The average Bonchev–Trinajstić information content (AvgIpc) is 2.30. The molecule has 0 spiro atoms. The molecule has 1 aromatic rings. The number of hydrogen-bond acceptors (Lipinski definition) is 3. The van der Waals surface area contributed by atoms with Crippen molar-refractivity contribution in [3.05, 3.63) is 29.3 Å². The average molecular weight is 253 g/mol. The Hall–Kier alpha value is -0.510. The van der Waals surface area contributed by atoms with Crippen molar-refractivity contribution >= 4 is 11.8 Å². The molecule has 17 heavy (non-hydrogen) atoms. The van der Waals surface area contributed by atoms with Gasteiger partial charge in [-0.15, -0.1) is 11.8 Å². The summed E-state index contributed by atoms with van der Waals surface area (Å²) >= 11 is 1.95. The lowest BCUT2D eigenvalue weighted by Crippen LogP contribution is -2.20. The topological polar surface area (TPSA) is 21.3 Å². The number of rotatable bonds is 8.